The Bertz CT molecular complexity index is 1640. The van der Waals surface area contributed by atoms with Crippen LogP contribution in [0.25, 0.3) is 0 Å². The zero-order valence-electron chi connectivity index (χ0n) is 28.2. The molecule has 0 saturated carbocycles. The monoisotopic (exact) mass is 736 g/mol. The molecule has 0 aliphatic heterocycles. The van der Waals surface area contributed by atoms with E-state index in [4.69, 9.17) is 19.3 Å². The molecule has 4 rings (SSSR count). The zero-order valence-corrected chi connectivity index (χ0v) is 30.0. The molecule has 0 radical (unpaired) electrons. The quantitative estimate of drug-likeness (QED) is 0.0653. The van der Waals surface area contributed by atoms with Crippen LogP contribution in [0.2, 0.25) is 0 Å². The van der Waals surface area contributed by atoms with Crippen molar-refractivity contribution in [2.45, 2.75) is 25.0 Å². The molecule has 4 aromatic carbocycles. The first-order valence-electron chi connectivity index (χ1n) is 14.8. The Labute approximate surface area is 325 Å². The molecule has 0 bridgehead atoms. The largest absolute Gasteiger partial charge is 1.00 e. The minimum atomic E-state index is -2.38. The molecule has 4 atom stereocenters. The van der Waals surface area contributed by atoms with Crippen LogP contribution in [0.15, 0.2) is 109 Å². The number of benzene rings is 4. The third-order valence-electron chi connectivity index (χ3n) is 6.61. The molecule has 14 nitrogen and oxygen atoms in total. The molecule has 0 heterocycles. The van der Waals surface area contributed by atoms with Crippen LogP contribution >= 0.6 is 16.1 Å². The normalized spacial score (nSPS) is 11.8. The van der Waals surface area contributed by atoms with E-state index in [1.54, 1.807) is 48.5 Å². The number of aromatic carboxylic acids is 2. The second-order valence-corrected chi connectivity index (χ2v) is 12.5. The molecule has 52 heavy (non-hydrogen) atoms. The van der Waals surface area contributed by atoms with E-state index in [0.29, 0.717) is 11.4 Å². The van der Waals surface area contributed by atoms with Crippen molar-refractivity contribution in [3.63, 3.8) is 0 Å². The molecule has 2 amide bonds. The third kappa shape index (κ3) is 16.1. The van der Waals surface area contributed by atoms with Crippen molar-refractivity contribution < 1.29 is 95.5 Å². The first-order chi connectivity index (χ1) is 24.0. The van der Waals surface area contributed by atoms with Gasteiger partial charge < -0.3 is 40.6 Å². The maximum Gasteiger partial charge on any atom is 1.00 e. The summed E-state index contributed by atoms with van der Waals surface area (Å²) in [5.41, 5.74) is 2.29. The van der Waals surface area contributed by atoms with Crippen molar-refractivity contribution in [2.75, 3.05) is 23.3 Å². The van der Waals surface area contributed by atoms with Gasteiger partial charge in [0.1, 0.15) is 0 Å². The van der Waals surface area contributed by atoms with Crippen LogP contribution in [0.3, 0.4) is 0 Å². The Morgan fingerprint density at radius 3 is 1.13 bits per heavy atom. The minimum Gasteiger partial charge on any atom is -0.545 e. The SMILES string of the molecule is O=C([O-])c1ccc(NC(=O)[C@H](Cc2ccccc2)O[P+](=O)CO)cc1.O=C([O-])c1ccc(NC(=O)[C@H](Cc2ccccc2)O[P+](=O)CO)cc1.[Li+].[Li+]. The first kappa shape index (κ1) is 46.0. The van der Waals surface area contributed by atoms with E-state index >= 15 is 0 Å². The summed E-state index contributed by atoms with van der Waals surface area (Å²) in [6.07, 6.45) is -3.17. The number of amides is 2. The average molecular weight is 736 g/mol. The van der Waals surface area contributed by atoms with Gasteiger partial charge in [0, 0.05) is 24.2 Å². The van der Waals surface area contributed by atoms with Crippen LogP contribution in [0.1, 0.15) is 31.8 Å². The summed E-state index contributed by atoms with van der Waals surface area (Å²) in [7, 11) is -4.75. The fraction of sp³-hybridized carbons (Fsp3) is 0.176. The van der Waals surface area contributed by atoms with Crippen LogP contribution in [0.5, 0.6) is 0 Å². The summed E-state index contributed by atoms with van der Waals surface area (Å²) in [6, 6.07) is 28.9. The number of carbonyl (C=O) groups is 4. The number of carboxylic acid groups (broad SMARTS) is 2. The van der Waals surface area contributed by atoms with Gasteiger partial charge >= 0.3 is 53.8 Å². The molecular weight excluding hydrogens is 704 g/mol. The summed E-state index contributed by atoms with van der Waals surface area (Å²) in [5, 5.41) is 44.4. The molecule has 4 aromatic rings. The van der Waals surface area contributed by atoms with Crippen LogP contribution in [0.4, 0.5) is 11.4 Å². The summed E-state index contributed by atoms with van der Waals surface area (Å²) in [5.74, 6) is -3.74. The Morgan fingerprint density at radius 2 is 0.865 bits per heavy atom. The van der Waals surface area contributed by atoms with E-state index in [1.165, 1.54) is 48.5 Å². The Hall–Kier alpha value is -4.01. The molecule has 2 unspecified atom stereocenters. The van der Waals surface area contributed by atoms with Crippen LogP contribution in [0, 0.1) is 0 Å². The van der Waals surface area contributed by atoms with E-state index in [0.717, 1.165) is 11.1 Å². The Balaban J connectivity index is 0.000000501. The number of carbonyl (C=O) groups excluding carboxylic acids is 4. The fourth-order valence-electron chi connectivity index (χ4n) is 4.19. The molecule has 0 spiro atoms. The van der Waals surface area contributed by atoms with Crippen molar-refractivity contribution in [2.24, 2.45) is 0 Å². The maximum atomic E-state index is 12.4. The molecule has 0 aliphatic carbocycles. The van der Waals surface area contributed by atoms with Gasteiger partial charge in [0.25, 0.3) is 24.5 Å². The van der Waals surface area contributed by atoms with E-state index in [2.05, 4.69) is 10.6 Å². The average Bonchev–Trinajstić information content (AvgIpc) is 3.12. The van der Waals surface area contributed by atoms with E-state index < -0.39 is 64.7 Å². The molecule has 260 valence electrons. The Morgan fingerprint density at radius 1 is 0.558 bits per heavy atom. The number of rotatable bonds is 16. The van der Waals surface area contributed by atoms with E-state index in [1.807, 2.05) is 12.1 Å². The number of nitrogens with one attached hydrogen (secondary N) is 2. The van der Waals surface area contributed by atoms with Crippen molar-refractivity contribution in [3.8, 4) is 0 Å². The molecule has 0 saturated heterocycles. The molecular formula is C34H32Li2N2O12P2+2. The summed E-state index contributed by atoms with van der Waals surface area (Å²) in [4.78, 5) is 46.3. The van der Waals surface area contributed by atoms with Gasteiger partial charge in [-0.1, -0.05) is 84.9 Å². The second-order valence-electron chi connectivity index (χ2n) is 10.2. The van der Waals surface area contributed by atoms with Gasteiger partial charge in [-0.15, -0.1) is 9.05 Å². The van der Waals surface area contributed by atoms with Crippen LogP contribution in [-0.2, 0) is 40.6 Å². The van der Waals surface area contributed by atoms with Crippen molar-refractivity contribution in [1.29, 1.82) is 0 Å². The minimum absolute atomic E-state index is 0. The summed E-state index contributed by atoms with van der Waals surface area (Å²) in [6.45, 7) is 0. The Kier molecular flexibility index (Phi) is 21.5. The van der Waals surface area contributed by atoms with Gasteiger partial charge in [-0.3, -0.25) is 9.59 Å². The van der Waals surface area contributed by atoms with Gasteiger partial charge in [0.05, 0.1) is 11.9 Å². The molecule has 0 aliphatic rings. The third-order valence-corrected chi connectivity index (χ3v) is 8.05. The molecule has 0 fully saturated rings. The van der Waals surface area contributed by atoms with Gasteiger partial charge in [-0.05, 0) is 55.6 Å². The zero-order chi connectivity index (χ0) is 36.5. The van der Waals surface area contributed by atoms with Crippen LogP contribution in [-0.4, -0.2) is 58.9 Å². The summed E-state index contributed by atoms with van der Waals surface area (Å²) >= 11 is 0. The number of aliphatic hydroxyl groups is 2. The van der Waals surface area contributed by atoms with Crippen molar-refractivity contribution in [1.82, 2.24) is 0 Å². The smallest absolute Gasteiger partial charge is 0.545 e. The van der Waals surface area contributed by atoms with Gasteiger partial charge in [0.15, 0.2) is 12.2 Å². The van der Waals surface area contributed by atoms with E-state index in [9.17, 15) is 38.5 Å². The van der Waals surface area contributed by atoms with Gasteiger partial charge in [-0.2, -0.15) is 0 Å². The fourth-order valence-corrected chi connectivity index (χ4v) is 5.23. The number of aliphatic hydroxyl groups excluding tert-OH is 2. The molecule has 0 aromatic heterocycles. The number of hydrogen-bond acceptors (Lipinski definition) is 12. The maximum absolute atomic E-state index is 12.4. The van der Waals surface area contributed by atoms with Gasteiger partial charge in [0.2, 0.25) is 0 Å². The van der Waals surface area contributed by atoms with Crippen molar-refractivity contribution >= 4 is 51.2 Å². The van der Waals surface area contributed by atoms with Crippen molar-refractivity contribution in [3.05, 3.63) is 131 Å². The second kappa shape index (κ2) is 24.3. The molecule has 4 N–H and O–H groups in total. The standard InChI is InChI=1S/2C17H16NO6P.2Li/c2*19-11-25(23)24-15(10-12-4-2-1-3-5-12)16(20)18-14-8-6-13(7-9-14)17(21)22;;/h2*1-9,15,19H,10-11H2,(H-,18,20,21,22);;/q;;2*+1/t2*15-;;/m00../s1. The van der Waals surface area contributed by atoms with Crippen LogP contribution < -0.4 is 58.6 Å². The number of anilines is 2. The first-order valence-corrected chi connectivity index (χ1v) is 17.5. The number of hydrogen-bond donors (Lipinski definition) is 4. The van der Waals surface area contributed by atoms with Gasteiger partial charge in [-0.25, -0.2) is 0 Å². The topological polar surface area (TPSA) is 232 Å². The number of carboxylic acids is 2. The summed E-state index contributed by atoms with van der Waals surface area (Å²) < 4.78 is 33.3. The van der Waals surface area contributed by atoms with E-state index in [-0.39, 0.29) is 61.7 Å². The predicted octanol–water partition coefficient (Wildman–Crippen LogP) is -3.37. The molecule has 18 heteroatoms. The predicted molar refractivity (Wildman–Crippen MR) is 178 cm³/mol.